The summed E-state index contributed by atoms with van der Waals surface area (Å²) in [6.07, 6.45) is 2.65. The van der Waals surface area contributed by atoms with Gasteiger partial charge in [-0.25, -0.2) is 4.79 Å². The Morgan fingerprint density at radius 1 is 1.16 bits per heavy atom. The number of carboxylic acid groups (broad SMARTS) is 1. The zero-order valence-electron chi connectivity index (χ0n) is 14.4. The van der Waals surface area contributed by atoms with Crippen LogP contribution >= 0.6 is 12.6 Å². The molecular weight excluding hydrogens is 334 g/mol. The number of aliphatic carboxylic acids is 1. The Morgan fingerprint density at radius 3 is 2.56 bits per heavy atom. The average Bonchev–Trinajstić information content (AvgIpc) is 2.62. The number of carboxylic acids is 1. The number of benzene rings is 2. The lowest BCUT2D eigenvalue weighted by molar-refractivity contribution is -0.142. The van der Waals surface area contributed by atoms with Crippen LogP contribution in [0.25, 0.3) is 10.8 Å². The summed E-state index contributed by atoms with van der Waals surface area (Å²) in [5.74, 6) is -1.22. The van der Waals surface area contributed by atoms with Crippen molar-refractivity contribution >= 4 is 35.3 Å². The molecule has 0 aliphatic carbocycles. The van der Waals surface area contributed by atoms with Crippen molar-refractivity contribution in [2.45, 2.75) is 38.6 Å². The van der Waals surface area contributed by atoms with Gasteiger partial charge >= 0.3 is 5.97 Å². The van der Waals surface area contributed by atoms with Gasteiger partial charge in [-0.05, 0) is 29.2 Å². The number of unbranched alkanes of at least 4 members (excludes halogenated alkanes) is 1. The Kier molecular flexibility index (Phi) is 7.31. The third kappa shape index (κ3) is 5.23. The quantitative estimate of drug-likeness (QED) is 0.598. The molecular formula is C20H25NO3S. The van der Waals surface area contributed by atoms with Gasteiger partial charge in [0.2, 0.25) is 5.91 Å². The molecule has 1 amide bonds. The Morgan fingerprint density at radius 2 is 1.88 bits per heavy atom. The van der Waals surface area contributed by atoms with Gasteiger partial charge in [-0.3, -0.25) is 4.79 Å². The number of rotatable bonds is 9. The predicted octanol–water partition coefficient (Wildman–Crippen LogP) is 3.69. The van der Waals surface area contributed by atoms with Crippen LogP contribution in [0, 0.1) is 5.92 Å². The van der Waals surface area contributed by atoms with E-state index in [1.807, 2.05) is 49.4 Å². The maximum absolute atomic E-state index is 12.6. The molecule has 2 N–H and O–H groups in total. The molecule has 0 bridgehead atoms. The molecule has 2 aromatic carbocycles. The van der Waals surface area contributed by atoms with Gasteiger partial charge in [0.15, 0.2) is 0 Å². The van der Waals surface area contributed by atoms with Crippen molar-refractivity contribution in [2.75, 3.05) is 5.75 Å². The number of thiol groups is 1. The van der Waals surface area contributed by atoms with Gasteiger partial charge in [-0.1, -0.05) is 62.2 Å². The molecule has 2 aromatic rings. The summed E-state index contributed by atoms with van der Waals surface area (Å²) in [7, 11) is 0. The number of carbonyl (C=O) groups excluding carboxylic acids is 1. The minimum absolute atomic E-state index is 0.244. The van der Waals surface area contributed by atoms with Crippen molar-refractivity contribution in [3.8, 4) is 0 Å². The van der Waals surface area contributed by atoms with E-state index >= 15 is 0 Å². The van der Waals surface area contributed by atoms with Gasteiger partial charge in [0.05, 0.1) is 5.92 Å². The first kappa shape index (κ1) is 19.3. The molecule has 0 spiro atoms. The lowest BCUT2D eigenvalue weighted by Crippen LogP contribution is -2.44. The molecule has 2 atom stereocenters. The van der Waals surface area contributed by atoms with E-state index in [0.29, 0.717) is 18.6 Å². The minimum Gasteiger partial charge on any atom is -0.480 e. The maximum atomic E-state index is 12.6. The lowest BCUT2D eigenvalue weighted by atomic mass is 9.95. The van der Waals surface area contributed by atoms with Crippen LogP contribution in [0.4, 0.5) is 0 Å². The van der Waals surface area contributed by atoms with E-state index < -0.39 is 12.0 Å². The highest BCUT2D eigenvalue weighted by Crippen LogP contribution is 2.22. The average molecular weight is 359 g/mol. The van der Waals surface area contributed by atoms with Crippen LogP contribution in [0.5, 0.6) is 0 Å². The molecule has 0 radical (unpaired) electrons. The van der Waals surface area contributed by atoms with E-state index in [0.717, 1.165) is 29.2 Å². The molecule has 0 fully saturated rings. The zero-order valence-corrected chi connectivity index (χ0v) is 15.3. The second-order valence-corrected chi connectivity index (χ2v) is 6.63. The van der Waals surface area contributed by atoms with Crippen molar-refractivity contribution in [3.63, 3.8) is 0 Å². The third-order valence-electron chi connectivity index (χ3n) is 4.40. The molecule has 4 nitrogen and oxygen atoms in total. The molecule has 0 saturated heterocycles. The minimum atomic E-state index is -0.982. The number of hydrogen-bond donors (Lipinski definition) is 3. The summed E-state index contributed by atoms with van der Waals surface area (Å²) in [5.41, 5.74) is 1.08. The first-order valence-corrected chi connectivity index (χ1v) is 9.30. The zero-order chi connectivity index (χ0) is 18.2. The highest BCUT2D eigenvalue weighted by Gasteiger charge is 2.24. The first-order chi connectivity index (χ1) is 12.1. The van der Waals surface area contributed by atoms with E-state index in [1.165, 1.54) is 0 Å². The summed E-state index contributed by atoms with van der Waals surface area (Å²) < 4.78 is 0. The van der Waals surface area contributed by atoms with E-state index in [-0.39, 0.29) is 11.8 Å². The van der Waals surface area contributed by atoms with Crippen molar-refractivity contribution in [1.29, 1.82) is 0 Å². The molecule has 2 rings (SSSR count). The van der Waals surface area contributed by atoms with E-state index in [1.54, 1.807) is 0 Å². The lowest BCUT2D eigenvalue weighted by Gasteiger charge is -2.20. The fraction of sp³-hybridized carbons (Fsp3) is 0.400. The van der Waals surface area contributed by atoms with Crippen molar-refractivity contribution in [2.24, 2.45) is 5.92 Å². The Hall–Kier alpha value is -2.01. The number of amides is 1. The SMILES string of the molecule is CCCC[C@H](NC(=O)[C@@H](CS)Cc1cccc2ccccc12)C(=O)O. The van der Waals surface area contributed by atoms with Gasteiger partial charge in [-0.15, -0.1) is 0 Å². The normalized spacial score (nSPS) is 13.4. The molecule has 0 aromatic heterocycles. The van der Waals surface area contributed by atoms with Crippen LogP contribution in [0.1, 0.15) is 31.7 Å². The van der Waals surface area contributed by atoms with Crippen molar-refractivity contribution in [1.82, 2.24) is 5.32 Å². The molecule has 5 heteroatoms. The van der Waals surface area contributed by atoms with E-state index in [2.05, 4.69) is 17.9 Å². The van der Waals surface area contributed by atoms with Crippen molar-refractivity contribution in [3.05, 3.63) is 48.0 Å². The van der Waals surface area contributed by atoms with Crippen LogP contribution < -0.4 is 5.32 Å². The number of nitrogens with one attached hydrogen (secondary N) is 1. The molecule has 0 aliphatic rings. The van der Waals surface area contributed by atoms with Crippen LogP contribution in [0.3, 0.4) is 0 Å². The highest BCUT2D eigenvalue weighted by atomic mass is 32.1. The Bertz CT molecular complexity index is 726. The van der Waals surface area contributed by atoms with E-state index in [4.69, 9.17) is 0 Å². The standard InChI is InChI=1S/C20H25NO3S/c1-2-3-11-18(20(23)24)21-19(22)16(13-25)12-15-9-6-8-14-7-4-5-10-17(14)15/h4-10,16,18,25H,2-3,11-13H2,1H3,(H,21,22)(H,23,24)/t16-,18+/m1/s1. The summed E-state index contributed by atoms with van der Waals surface area (Å²) in [6, 6.07) is 13.2. The van der Waals surface area contributed by atoms with Crippen molar-refractivity contribution < 1.29 is 14.7 Å². The number of carbonyl (C=O) groups is 2. The maximum Gasteiger partial charge on any atom is 0.326 e. The van der Waals surface area contributed by atoms with Gasteiger partial charge in [-0.2, -0.15) is 12.6 Å². The van der Waals surface area contributed by atoms with Crippen LogP contribution in [0.15, 0.2) is 42.5 Å². The summed E-state index contributed by atoms with van der Waals surface area (Å²) in [4.78, 5) is 23.9. The summed E-state index contributed by atoms with van der Waals surface area (Å²) in [6.45, 7) is 2.00. The molecule has 0 aliphatic heterocycles. The van der Waals surface area contributed by atoms with Gasteiger partial charge in [0, 0.05) is 5.75 Å². The topological polar surface area (TPSA) is 66.4 Å². The van der Waals surface area contributed by atoms with E-state index in [9.17, 15) is 14.7 Å². The summed E-state index contributed by atoms with van der Waals surface area (Å²) >= 11 is 4.32. The van der Waals surface area contributed by atoms with Crippen LogP contribution in [0.2, 0.25) is 0 Å². The van der Waals surface area contributed by atoms with Gasteiger partial charge < -0.3 is 10.4 Å². The molecule has 0 saturated carbocycles. The first-order valence-electron chi connectivity index (χ1n) is 8.67. The molecule has 134 valence electrons. The fourth-order valence-electron chi connectivity index (χ4n) is 2.93. The third-order valence-corrected chi connectivity index (χ3v) is 4.84. The Balaban J connectivity index is 2.12. The number of fused-ring (bicyclic) bond motifs is 1. The predicted molar refractivity (Wildman–Crippen MR) is 104 cm³/mol. The van der Waals surface area contributed by atoms with Gasteiger partial charge in [0.25, 0.3) is 0 Å². The molecule has 25 heavy (non-hydrogen) atoms. The van der Waals surface area contributed by atoms with Crippen LogP contribution in [-0.4, -0.2) is 28.8 Å². The smallest absolute Gasteiger partial charge is 0.326 e. The second-order valence-electron chi connectivity index (χ2n) is 6.26. The monoisotopic (exact) mass is 359 g/mol. The largest absolute Gasteiger partial charge is 0.480 e. The van der Waals surface area contributed by atoms with Crippen LogP contribution in [-0.2, 0) is 16.0 Å². The second kappa shape index (κ2) is 9.47. The summed E-state index contributed by atoms with van der Waals surface area (Å²) in [5, 5.41) is 14.2. The molecule has 0 unspecified atom stereocenters. The number of hydrogen-bond acceptors (Lipinski definition) is 3. The fourth-order valence-corrected chi connectivity index (χ4v) is 3.23. The Labute approximate surface area is 154 Å². The molecule has 0 heterocycles. The van der Waals surface area contributed by atoms with Gasteiger partial charge in [0.1, 0.15) is 6.04 Å². The highest BCUT2D eigenvalue weighted by molar-refractivity contribution is 7.80.